The molecule has 0 bridgehead atoms. The molecule has 5 nitrogen and oxygen atoms in total. The van der Waals surface area contributed by atoms with Crippen molar-refractivity contribution >= 4 is 0 Å². The molecule has 0 aromatic carbocycles. The molecule has 1 aliphatic heterocycles. The van der Waals surface area contributed by atoms with Gasteiger partial charge in [0.2, 0.25) is 0 Å². The molecule has 3 heterocycles. The average Bonchev–Trinajstić information content (AvgIpc) is 3.09. The summed E-state index contributed by atoms with van der Waals surface area (Å²) in [4.78, 5) is 11.4. The number of morpholine rings is 1. The van der Waals surface area contributed by atoms with Gasteiger partial charge >= 0.3 is 6.18 Å². The van der Waals surface area contributed by atoms with Crippen LogP contribution < -0.4 is 0 Å². The predicted molar refractivity (Wildman–Crippen MR) is 111 cm³/mol. The molecule has 0 radical (unpaired) electrons. The van der Waals surface area contributed by atoms with E-state index in [1.165, 1.54) is 32.0 Å². The van der Waals surface area contributed by atoms with Crippen LogP contribution >= 0.6 is 0 Å². The Balaban J connectivity index is 1.39. The summed E-state index contributed by atoms with van der Waals surface area (Å²) in [7, 11) is 0. The van der Waals surface area contributed by atoms with Gasteiger partial charge in [0.25, 0.3) is 0 Å². The van der Waals surface area contributed by atoms with Crippen molar-refractivity contribution in [3.05, 3.63) is 35.5 Å². The lowest BCUT2D eigenvalue weighted by molar-refractivity contribution is -0.138. The summed E-state index contributed by atoms with van der Waals surface area (Å²) in [5.41, 5.74) is 0.305. The molecule has 1 unspecified atom stereocenters. The Morgan fingerprint density at radius 1 is 1.13 bits per heavy atom. The number of imidazole rings is 1. The van der Waals surface area contributed by atoms with Crippen LogP contribution in [0.3, 0.4) is 0 Å². The number of nitrogens with zero attached hydrogens (tertiary/aromatic N) is 4. The number of hydrogen-bond donors (Lipinski definition) is 0. The number of hydrogen-bond acceptors (Lipinski definition) is 4. The third kappa shape index (κ3) is 3.78. The molecule has 1 saturated heterocycles. The summed E-state index contributed by atoms with van der Waals surface area (Å²) in [6.45, 7) is 9.25. The van der Waals surface area contributed by atoms with Crippen molar-refractivity contribution in [1.82, 2.24) is 19.4 Å². The first-order valence-electron chi connectivity index (χ1n) is 11.2. The number of halogens is 3. The lowest BCUT2D eigenvalue weighted by atomic mass is 10.0. The first-order valence-corrected chi connectivity index (χ1v) is 11.2. The molecule has 3 aliphatic rings. The van der Waals surface area contributed by atoms with Gasteiger partial charge < -0.3 is 9.30 Å². The molecule has 2 saturated carbocycles. The Morgan fingerprint density at radius 2 is 1.81 bits per heavy atom. The third-order valence-electron chi connectivity index (χ3n) is 7.29. The predicted octanol–water partition coefficient (Wildman–Crippen LogP) is 4.68. The molecular formula is C23H29F3N4O. The fourth-order valence-corrected chi connectivity index (χ4v) is 5.60. The Bertz CT molecular complexity index is 952. The number of pyridine rings is 1. The molecule has 0 amide bonds. The average molecular weight is 435 g/mol. The van der Waals surface area contributed by atoms with Crippen molar-refractivity contribution in [1.29, 1.82) is 0 Å². The van der Waals surface area contributed by atoms with E-state index >= 15 is 0 Å². The van der Waals surface area contributed by atoms with Crippen LogP contribution in [0.4, 0.5) is 13.2 Å². The normalized spacial score (nSPS) is 28.9. The molecule has 168 valence electrons. The summed E-state index contributed by atoms with van der Waals surface area (Å²) in [6, 6.07) is 2.02. The molecule has 4 atom stereocenters. The summed E-state index contributed by atoms with van der Waals surface area (Å²) in [5.74, 6) is 2.69. The van der Waals surface area contributed by atoms with Gasteiger partial charge in [-0.3, -0.25) is 9.88 Å². The van der Waals surface area contributed by atoms with Crippen LogP contribution in [-0.2, 0) is 10.9 Å². The van der Waals surface area contributed by atoms with E-state index < -0.39 is 11.7 Å². The second-order valence-corrected chi connectivity index (χ2v) is 9.47. The maximum Gasteiger partial charge on any atom is 0.418 e. The molecule has 31 heavy (non-hydrogen) atoms. The van der Waals surface area contributed by atoms with Crippen LogP contribution in [0, 0.1) is 18.8 Å². The highest BCUT2D eigenvalue weighted by atomic mass is 19.4. The summed E-state index contributed by atoms with van der Waals surface area (Å²) in [6.07, 6.45) is 1.35. The Morgan fingerprint density at radius 3 is 2.42 bits per heavy atom. The molecule has 5 rings (SSSR count). The highest BCUT2D eigenvalue weighted by Gasteiger charge is 2.59. The van der Waals surface area contributed by atoms with Gasteiger partial charge in [-0.1, -0.05) is 0 Å². The van der Waals surface area contributed by atoms with E-state index in [1.807, 2.05) is 6.20 Å². The van der Waals surface area contributed by atoms with Gasteiger partial charge in [0.1, 0.15) is 5.82 Å². The fraction of sp³-hybridized carbons (Fsp3) is 0.652. The van der Waals surface area contributed by atoms with Crippen LogP contribution in [0.15, 0.2) is 18.5 Å². The van der Waals surface area contributed by atoms with Gasteiger partial charge in [-0.05, 0) is 51.5 Å². The first-order chi connectivity index (χ1) is 14.7. The summed E-state index contributed by atoms with van der Waals surface area (Å²) in [5, 5.41) is 0. The van der Waals surface area contributed by atoms with E-state index in [0.29, 0.717) is 35.1 Å². The third-order valence-corrected chi connectivity index (χ3v) is 7.29. The van der Waals surface area contributed by atoms with Crippen LogP contribution in [0.5, 0.6) is 0 Å². The zero-order valence-corrected chi connectivity index (χ0v) is 18.2. The minimum absolute atomic E-state index is 0.00866. The topological polar surface area (TPSA) is 43.2 Å². The van der Waals surface area contributed by atoms with Gasteiger partial charge in [0.15, 0.2) is 0 Å². The Hall–Kier alpha value is -1.93. The van der Waals surface area contributed by atoms with Gasteiger partial charge in [-0.15, -0.1) is 0 Å². The summed E-state index contributed by atoms with van der Waals surface area (Å²) < 4.78 is 47.7. The minimum atomic E-state index is -4.42. The lowest BCUT2D eigenvalue weighted by Crippen LogP contribution is -2.43. The van der Waals surface area contributed by atoms with Crippen molar-refractivity contribution in [2.75, 3.05) is 26.3 Å². The molecule has 8 heteroatoms. The highest BCUT2D eigenvalue weighted by molar-refractivity contribution is 5.59. The monoisotopic (exact) mass is 434 g/mol. The summed E-state index contributed by atoms with van der Waals surface area (Å²) >= 11 is 0. The standard InChI is InChI=1S/C23H29F3N4O/c1-13(2)30-12-20(15-8-19(23(24,25)26)14(3)27-11-15)28-22(30)21-17-9-16(10-18(17)21)29-4-6-31-7-5-29/h8,11-13,16-18,21H,4-7,9-10H2,1-3H3/t16?,17-,18+,21+. The second-order valence-electron chi connectivity index (χ2n) is 9.47. The fourth-order valence-electron chi connectivity index (χ4n) is 5.60. The van der Waals surface area contributed by atoms with Crippen LogP contribution in [0.2, 0.25) is 0 Å². The number of ether oxygens (including phenoxy) is 1. The second kappa shape index (κ2) is 7.59. The Kier molecular flexibility index (Phi) is 5.13. The largest absolute Gasteiger partial charge is 0.418 e. The first kappa shape index (κ1) is 20.9. The lowest BCUT2D eigenvalue weighted by Gasteiger charge is -2.33. The van der Waals surface area contributed by atoms with Crippen molar-refractivity contribution in [3.63, 3.8) is 0 Å². The molecule has 2 aromatic rings. The molecule has 2 aliphatic carbocycles. The molecule has 3 fully saturated rings. The van der Waals surface area contributed by atoms with E-state index in [2.05, 4.69) is 28.3 Å². The number of alkyl halides is 3. The molecule has 0 N–H and O–H groups in total. The van der Waals surface area contributed by atoms with Crippen molar-refractivity contribution in [3.8, 4) is 11.3 Å². The van der Waals surface area contributed by atoms with Crippen molar-refractivity contribution < 1.29 is 17.9 Å². The van der Waals surface area contributed by atoms with Crippen LogP contribution in [-0.4, -0.2) is 51.8 Å². The molecule has 0 spiro atoms. The zero-order valence-electron chi connectivity index (χ0n) is 18.2. The smallest absolute Gasteiger partial charge is 0.379 e. The van der Waals surface area contributed by atoms with E-state index in [4.69, 9.17) is 9.72 Å². The zero-order chi connectivity index (χ0) is 21.9. The quantitative estimate of drug-likeness (QED) is 0.701. The maximum atomic E-state index is 13.4. The van der Waals surface area contributed by atoms with E-state index in [0.717, 1.165) is 32.1 Å². The van der Waals surface area contributed by atoms with Crippen LogP contribution in [0.1, 0.15) is 55.7 Å². The van der Waals surface area contributed by atoms with Gasteiger partial charge in [-0.2, -0.15) is 13.2 Å². The van der Waals surface area contributed by atoms with Gasteiger partial charge in [0, 0.05) is 54.7 Å². The number of aryl methyl sites for hydroxylation is 1. The van der Waals surface area contributed by atoms with E-state index in [-0.39, 0.29) is 11.7 Å². The van der Waals surface area contributed by atoms with Gasteiger partial charge in [0.05, 0.1) is 24.5 Å². The van der Waals surface area contributed by atoms with Gasteiger partial charge in [-0.25, -0.2) is 4.98 Å². The highest BCUT2D eigenvalue weighted by Crippen LogP contribution is 2.64. The van der Waals surface area contributed by atoms with Crippen LogP contribution in [0.25, 0.3) is 11.3 Å². The van der Waals surface area contributed by atoms with E-state index in [9.17, 15) is 13.2 Å². The number of fused-ring (bicyclic) bond motifs is 1. The SMILES string of the molecule is Cc1ncc(-c2cn(C(C)C)c([C@H]3[C@@H]4CC(N5CCOCC5)C[C@@H]43)n2)cc1C(F)(F)F. The van der Waals surface area contributed by atoms with E-state index in [1.54, 1.807) is 0 Å². The minimum Gasteiger partial charge on any atom is -0.379 e. The molecule has 2 aromatic heterocycles. The maximum absolute atomic E-state index is 13.4. The van der Waals surface area contributed by atoms with Crippen molar-refractivity contribution in [2.45, 2.75) is 57.8 Å². The van der Waals surface area contributed by atoms with Crippen molar-refractivity contribution in [2.24, 2.45) is 11.8 Å². The Labute approximate surface area is 180 Å². The molecular weight excluding hydrogens is 405 g/mol. The number of aromatic nitrogens is 3. The number of rotatable bonds is 4.